The number of aryl methyl sites for hydroxylation is 1. The minimum absolute atomic E-state index is 0.287. The highest BCUT2D eigenvalue weighted by Gasteiger charge is 2.13. The van der Waals surface area contributed by atoms with Crippen LogP contribution < -0.4 is 5.73 Å². The minimum atomic E-state index is -4.78. The molecule has 0 saturated heterocycles. The van der Waals surface area contributed by atoms with Crippen molar-refractivity contribution < 1.29 is 12.3 Å². The van der Waals surface area contributed by atoms with Crippen molar-refractivity contribution in [2.45, 2.75) is 11.8 Å². The second-order valence-corrected chi connectivity index (χ2v) is 6.65. The molecule has 0 saturated carbocycles. The predicted octanol–water partition coefficient (Wildman–Crippen LogP) is 4.80. The second-order valence-electron chi connectivity index (χ2n) is 5.31. The van der Waals surface area contributed by atoms with Crippen molar-refractivity contribution in [2.75, 3.05) is 5.73 Å². The Morgan fingerprint density at radius 3 is 2.29 bits per heavy atom. The number of halogens is 1. The topological polar surface area (TPSA) is 84.9 Å². The normalized spacial score (nSPS) is 12.1. The number of hydrogen-bond donors (Lipinski definition) is 1. The van der Waals surface area contributed by atoms with Gasteiger partial charge in [-0.05, 0) is 36.8 Å². The largest absolute Gasteiger partial charge is 0.398 e. The molecular weight excluding hydrogens is 329 g/mol. The van der Waals surface area contributed by atoms with Crippen LogP contribution in [0, 0.1) is 6.92 Å². The molecule has 7 heteroatoms. The van der Waals surface area contributed by atoms with Gasteiger partial charge in [-0.25, -0.2) is 0 Å². The summed E-state index contributed by atoms with van der Waals surface area (Å²) in [6.45, 7) is 1.74. The summed E-state index contributed by atoms with van der Waals surface area (Å²) in [5.74, 6) is 0. The van der Waals surface area contributed by atoms with Gasteiger partial charge in [-0.15, -0.1) is 9.00 Å². The molecule has 0 spiro atoms. The molecule has 3 aromatic rings. The molecule has 0 aromatic heterocycles. The fourth-order valence-corrected chi connectivity index (χ4v) is 2.83. The fourth-order valence-electron chi connectivity index (χ4n) is 2.35. The van der Waals surface area contributed by atoms with E-state index in [9.17, 15) is 12.3 Å². The van der Waals surface area contributed by atoms with Gasteiger partial charge in [-0.3, -0.25) is 0 Å². The number of hydrogen-bond acceptors (Lipinski definition) is 5. The maximum absolute atomic E-state index is 13.1. The molecule has 0 unspecified atom stereocenters. The number of azo groups is 1. The molecule has 0 aliphatic carbocycles. The van der Waals surface area contributed by atoms with Crippen LogP contribution in [0.3, 0.4) is 0 Å². The van der Waals surface area contributed by atoms with Gasteiger partial charge in [0.2, 0.25) is 0 Å². The second kappa shape index (κ2) is 6.01. The first-order chi connectivity index (χ1) is 11.4. The highest BCUT2D eigenvalue weighted by Crippen LogP contribution is 2.32. The number of nitrogen functional groups attached to an aromatic ring is 1. The summed E-state index contributed by atoms with van der Waals surface area (Å²) in [6, 6.07) is 14.8. The Morgan fingerprint density at radius 2 is 1.58 bits per heavy atom. The van der Waals surface area contributed by atoms with Crippen LogP contribution in [0.4, 0.5) is 20.9 Å². The Hall–Kier alpha value is -2.80. The molecule has 0 aliphatic heterocycles. The van der Waals surface area contributed by atoms with E-state index >= 15 is 0 Å². The molecule has 24 heavy (non-hydrogen) atoms. The van der Waals surface area contributed by atoms with Crippen molar-refractivity contribution in [1.29, 1.82) is 0 Å². The molecule has 0 fully saturated rings. The first kappa shape index (κ1) is 16.1. The van der Waals surface area contributed by atoms with E-state index in [1.54, 1.807) is 19.1 Å². The van der Waals surface area contributed by atoms with Crippen LogP contribution >= 0.6 is 0 Å². The van der Waals surface area contributed by atoms with E-state index in [1.807, 2.05) is 24.3 Å². The lowest BCUT2D eigenvalue weighted by molar-refractivity contribution is 0.552. The molecule has 0 radical (unpaired) electrons. The average molecular weight is 343 g/mol. The third-order valence-electron chi connectivity index (χ3n) is 3.66. The Labute approximate surface area is 138 Å². The van der Waals surface area contributed by atoms with Gasteiger partial charge >= 0.3 is 10.2 Å². The highest BCUT2D eigenvalue weighted by atomic mass is 32.3. The molecule has 5 nitrogen and oxygen atoms in total. The summed E-state index contributed by atoms with van der Waals surface area (Å²) in [4.78, 5) is -0.441. The van der Waals surface area contributed by atoms with Crippen LogP contribution in [0.25, 0.3) is 10.8 Å². The van der Waals surface area contributed by atoms with E-state index in [0.29, 0.717) is 16.9 Å². The van der Waals surface area contributed by atoms with Crippen molar-refractivity contribution in [1.82, 2.24) is 0 Å². The van der Waals surface area contributed by atoms with Crippen LogP contribution in [-0.2, 0) is 10.2 Å². The van der Waals surface area contributed by atoms with Crippen LogP contribution in [0.15, 0.2) is 69.7 Å². The van der Waals surface area contributed by atoms with E-state index in [1.165, 1.54) is 12.1 Å². The van der Waals surface area contributed by atoms with Crippen molar-refractivity contribution in [3.63, 3.8) is 0 Å². The Balaban J connectivity index is 2.08. The fraction of sp³-hybridized carbons (Fsp3) is 0.0588. The van der Waals surface area contributed by atoms with Gasteiger partial charge in [-0.1, -0.05) is 30.3 Å². The van der Waals surface area contributed by atoms with Crippen LogP contribution in [-0.4, -0.2) is 8.42 Å². The molecule has 0 bridgehead atoms. The number of nitrogens with zero attached hydrogens (tertiary/aromatic N) is 2. The SMILES string of the molecule is Cc1ccc(S(=O)(=O)F)cc1N=Nc1ccc(N)c2ccccc12. The summed E-state index contributed by atoms with van der Waals surface area (Å²) < 4.78 is 35.2. The zero-order valence-corrected chi connectivity index (χ0v) is 13.6. The average Bonchev–Trinajstić information content (AvgIpc) is 2.55. The third-order valence-corrected chi connectivity index (χ3v) is 4.48. The quantitative estimate of drug-likeness (QED) is 0.421. The molecule has 122 valence electrons. The van der Waals surface area contributed by atoms with Gasteiger partial charge in [0, 0.05) is 16.5 Å². The molecule has 3 aromatic carbocycles. The molecule has 0 amide bonds. The monoisotopic (exact) mass is 343 g/mol. The smallest absolute Gasteiger partial charge is 0.332 e. The summed E-state index contributed by atoms with van der Waals surface area (Å²) in [5.41, 5.74) is 8.14. The molecule has 3 rings (SSSR count). The van der Waals surface area contributed by atoms with Crippen molar-refractivity contribution >= 4 is 38.1 Å². The molecular formula is C17H14FN3O2S. The molecule has 0 heterocycles. The Morgan fingerprint density at radius 1 is 0.917 bits per heavy atom. The lowest BCUT2D eigenvalue weighted by atomic mass is 10.1. The Bertz CT molecular complexity index is 1060. The van der Waals surface area contributed by atoms with Gasteiger partial charge < -0.3 is 5.73 Å². The molecule has 2 N–H and O–H groups in total. The van der Waals surface area contributed by atoms with Crippen LogP contribution in [0.2, 0.25) is 0 Å². The lowest BCUT2D eigenvalue weighted by Gasteiger charge is -2.05. The van der Waals surface area contributed by atoms with E-state index in [4.69, 9.17) is 5.73 Å². The maximum Gasteiger partial charge on any atom is 0.332 e. The van der Waals surface area contributed by atoms with E-state index in [2.05, 4.69) is 10.2 Å². The van der Waals surface area contributed by atoms with Crippen molar-refractivity contribution in [3.05, 3.63) is 60.2 Å². The minimum Gasteiger partial charge on any atom is -0.398 e. The maximum atomic E-state index is 13.1. The third kappa shape index (κ3) is 3.11. The van der Waals surface area contributed by atoms with Gasteiger partial charge in [0.05, 0.1) is 11.4 Å². The van der Waals surface area contributed by atoms with Gasteiger partial charge in [0.1, 0.15) is 4.90 Å². The lowest BCUT2D eigenvalue weighted by Crippen LogP contribution is -1.91. The summed E-state index contributed by atoms with van der Waals surface area (Å²) in [7, 11) is -4.78. The van der Waals surface area contributed by atoms with Crippen molar-refractivity contribution in [2.24, 2.45) is 10.2 Å². The Kier molecular flexibility index (Phi) is 4.02. The molecule has 0 aliphatic rings. The summed E-state index contributed by atoms with van der Waals surface area (Å²) >= 11 is 0. The van der Waals surface area contributed by atoms with Gasteiger partial charge in [-0.2, -0.15) is 13.5 Å². The van der Waals surface area contributed by atoms with E-state index < -0.39 is 15.1 Å². The van der Waals surface area contributed by atoms with Gasteiger partial charge in [0.25, 0.3) is 0 Å². The highest BCUT2D eigenvalue weighted by molar-refractivity contribution is 7.86. The number of fused-ring (bicyclic) bond motifs is 1. The summed E-state index contributed by atoms with van der Waals surface area (Å²) in [6.07, 6.45) is 0. The zero-order chi connectivity index (χ0) is 17.3. The van der Waals surface area contributed by atoms with E-state index in [-0.39, 0.29) is 5.69 Å². The van der Waals surface area contributed by atoms with Gasteiger partial charge in [0.15, 0.2) is 0 Å². The summed E-state index contributed by atoms with van der Waals surface area (Å²) in [5, 5.41) is 9.94. The first-order valence-electron chi connectivity index (χ1n) is 7.10. The van der Waals surface area contributed by atoms with Crippen molar-refractivity contribution in [3.8, 4) is 0 Å². The van der Waals surface area contributed by atoms with Crippen LogP contribution in [0.1, 0.15) is 5.56 Å². The predicted molar refractivity (Wildman–Crippen MR) is 92.0 cm³/mol. The zero-order valence-electron chi connectivity index (χ0n) is 12.8. The first-order valence-corrected chi connectivity index (χ1v) is 8.49. The number of anilines is 1. The standard InChI is InChI=1S/C17H14FN3O2S/c1-11-6-7-12(24(18,22)23)10-17(11)21-20-16-9-8-15(19)13-4-2-3-5-14(13)16/h2-10H,19H2,1H3. The molecule has 0 atom stereocenters. The number of nitrogens with two attached hydrogens (primary N) is 1. The van der Waals surface area contributed by atoms with E-state index in [0.717, 1.165) is 16.8 Å². The number of benzene rings is 3. The number of rotatable bonds is 3. The van der Waals surface area contributed by atoms with Crippen LogP contribution in [0.5, 0.6) is 0 Å².